The Kier molecular flexibility index (Phi) is 2.79. The Morgan fingerprint density at radius 1 is 1.67 bits per heavy atom. The second-order valence-corrected chi connectivity index (χ2v) is 3.48. The van der Waals surface area contributed by atoms with Crippen molar-refractivity contribution in [3.05, 3.63) is 18.0 Å². The lowest BCUT2D eigenvalue weighted by atomic mass is 10.3. The maximum atomic E-state index is 8.73. The molecular weight excluding hydrogens is 192 g/mol. The summed E-state index contributed by atoms with van der Waals surface area (Å²) in [7, 11) is 0. The van der Waals surface area contributed by atoms with Crippen molar-refractivity contribution in [2.75, 3.05) is 24.6 Å². The lowest BCUT2D eigenvalue weighted by Gasteiger charge is -2.30. The van der Waals surface area contributed by atoms with E-state index in [0.717, 1.165) is 13.1 Å². The topological polar surface area (TPSA) is 62.0 Å². The molecule has 15 heavy (non-hydrogen) atoms. The molecule has 2 rings (SSSR count). The van der Waals surface area contributed by atoms with Crippen molar-refractivity contribution in [1.29, 1.82) is 5.26 Å². The fraction of sp³-hybridized carbons (Fsp3) is 0.500. The van der Waals surface area contributed by atoms with E-state index in [9.17, 15) is 0 Å². The molecule has 5 heteroatoms. The van der Waals surface area contributed by atoms with Crippen LogP contribution >= 0.6 is 0 Å². The SMILES string of the molecule is CC1CN(c2nccc(C#N)n2)CCO1. The minimum absolute atomic E-state index is 0.188. The van der Waals surface area contributed by atoms with Gasteiger partial charge in [0.2, 0.25) is 5.95 Å². The first-order valence-electron chi connectivity index (χ1n) is 4.89. The molecule has 1 aromatic heterocycles. The number of morpholine rings is 1. The molecule has 1 fully saturated rings. The maximum Gasteiger partial charge on any atom is 0.226 e. The first-order valence-corrected chi connectivity index (χ1v) is 4.89. The summed E-state index contributed by atoms with van der Waals surface area (Å²) in [4.78, 5) is 10.3. The summed E-state index contributed by atoms with van der Waals surface area (Å²) >= 11 is 0. The Labute approximate surface area is 88.3 Å². The molecule has 0 N–H and O–H groups in total. The van der Waals surface area contributed by atoms with Crippen LogP contribution in [0.15, 0.2) is 12.3 Å². The minimum Gasteiger partial charge on any atom is -0.375 e. The molecule has 5 nitrogen and oxygen atoms in total. The van der Waals surface area contributed by atoms with Gasteiger partial charge in [-0.3, -0.25) is 0 Å². The molecule has 78 valence electrons. The number of hydrogen-bond acceptors (Lipinski definition) is 5. The van der Waals surface area contributed by atoms with Crippen LogP contribution in [0.5, 0.6) is 0 Å². The minimum atomic E-state index is 0.188. The van der Waals surface area contributed by atoms with Crippen LogP contribution in [-0.4, -0.2) is 35.8 Å². The van der Waals surface area contributed by atoms with E-state index in [1.165, 1.54) is 0 Å². The summed E-state index contributed by atoms with van der Waals surface area (Å²) in [5.41, 5.74) is 0.402. The lowest BCUT2D eigenvalue weighted by molar-refractivity contribution is 0.0526. The van der Waals surface area contributed by atoms with Crippen LogP contribution in [0.25, 0.3) is 0 Å². The number of aromatic nitrogens is 2. The lowest BCUT2D eigenvalue weighted by Crippen LogP contribution is -2.42. The number of hydrogen-bond donors (Lipinski definition) is 0. The standard InChI is InChI=1S/C10H12N4O/c1-8-7-14(4-5-15-8)10-12-3-2-9(6-11)13-10/h2-3,8H,4-5,7H2,1H3. The van der Waals surface area contributed by atoms with Gasteiger partial charge in [-0.1, -0.05) is 0 Å². The van der Waals surface area contributed by atoms with Crippen molar-refractivity contribution in [2.24, 2.45) is 0 Å². The maximum absolute atomic E-state index is 8.73. The molecular formula is C10H12N4O. The molecule has 0 spiro atoms. The molecule has 0 bridgehead atoms. The molecule has 1 aliphatic rings. The number of rotatable bonds is 1. The van der Waals surface area contributed by atoms with Crippen molar-refractivity contribution in [2.45, 2.75) is 13.0 Å². The normalized spacial score (nSPS) is 21.1. The summed E-state index contributed by atoms with van der Waals surface area (Å²) in [6.07, 6.45) is 1.80. The molecule has 1 aromatic rings. The van der Waals surface area contributed by atoms with Gasteiger partial charge >= 0.3 is 0 Å². The summed E-state index contributed by atoms with van der Waals surface area (Å²) in [6.45, 7) is 4.25. The fourth-order valence-corrected chi connectivity index (χ4v) is 1.56. The number of nitrogens with zero attached hydrogens (tertiary/aromatic N) is 4. The van der Waals surface area contributed by atoms with Gasteiger partial charge in [0.15, 0.2) is 0 Å². The van der Waals surface area contributed by atoms with Crippen LogP contribution in [0, 0.1) is 11.3 Å². The molecule has 0 aliphatic carbocycles. The Morgan fingerprint density at radius 3 is 3.27 bits per heavy atom. The van der Waals surface area contributed by atoms with Crippen molar-refractivity contribution < 1.29 is 4.74 Å². The van der Waals surface area contributed by atoms with Gasteiger partial charge in [0.25, 0.3) is 0 Å². The molecule has 0 aromatic carbocycles. The highest BCUT2D eigenvalue weighted by atomic mass is 16.5. The third kappa shape index (κ3) is 2.22. The molecule has 1 atom stereocenters. The highest BCUT2D eigenvalue weighted by Gasteiger charge is 2.18. The zero-order valence-corrected chi connectivity index (χ0v) is 8.55. The molecule has 1 aliphatic heterocycles. The Morgan fingerprint density at radius 2 is 2.53 bits per heavy atom. The van der Waals surface area contributed by atoms with Gasteiger partial charge in [-0.2, -0.15) is 5.26 Å². The Balaban J connectivity index is 2.18. The first-order chi connectivity index (χ1) is 7.29. The van der Waals surface area contributed by atoms with Gasteiger partial charge in [0.1, 0.15) is 11.8 Å². The van der Waals surface area contributed by atoms with Crippen molar-refractivity contribution in [3.63, 3.8) is 0 Å². The summed E-state index contributed by atoms with van der Waals surface area (Å²) in [5.74, 6) is 0.615. The van der Waals surface area contributed by atoms with Crippen LogP contribution < -0.4 is 4.90 Å². The Bertz CT molecular complexity index is 387. The number of ether oxygens (including phenoxy) is 1. The van der Waals surface area contributed by atoms with E-state index in [0.29, 0.717) is 18.2 Å². The fourth-order valence-electron chi connectivity index (χ4n) is 1.56. The second-order valence-electron chi connectivity index (χ2n) is 3.48. The summed E-state index contributed by atoms with van der Waals surface area (Å²) in [5, 5.41) is 8.73. The van der Waals surface area contributed by atoms with Gasteiger partial charge < -0.3 is 9.64 Å². The van der Waals surface area contributed by atoms with E-state index < -0.39 is 0 Å². The number of nitriles is 1. The van der Waals surface area contributed by atoms with E-state index in [2.05, 4.69) is 9.97 Å². The van der Waals surface area contributed by atoms with Gasteiger partial charge in [-0.25, -0.2) is 9.97 Å². The molecule has 2 heterocycles. The largest absolute Gasteiger partial charge is 0.375 e. The van der Waals surface area contributed by atoms with E-state index in [1.54, 1.807) is 12.3 Å². The third-order valence-electron chi connectivity index (χ3n) is 2.28. The smallest absolute Gasteiger partial charge is 0.226 e. The molecule has 0 saturated carbocycles. The van der Waals surface area contributed by atoms with E-state index >= 15 is 0 Å². The summed E-state index contributed by atoms with van der Waals surface area (Å²) < 4.78 is 5.42. The highest BCUT2D eigenvalue weighted by Crippen LogP contribution is 2.12. The summed E-state index contributed by atoms with van der Waals surface area (Å²) in [6, 6.07) is 3.61. The first kappa shape index (κ1) is 9.87. The predicted octanol–water partition coefficient (Wildman–Crippen LogP) is 0.573. The molecule has 0 radical (unpaired) electrons. The van der Waals surface area contributed by atoms with Gasteiger partial charge in [-0.05, 0) is 13.0 Å². The average Bonchev–Trinajstić information content (AvgIpc) is 2.29. The Hall–Kier alpha value is -1.67. The van der Waals surface area contributed by atoms with E-state index in [-0.39, 0.29) is 6.10 Å². The highest BCUT2D eigenvalue weighted by molar-refractivity contribution is 5.34. The average molecular weight is 204 g/mol. The van der Waals surface area contributed by atoms with Crippen LogP contribution in [0.2, 0.25) is 0 Å². The number of anilines is 1. The zero-order chi connectivity index (χ0) is 10.7. The third-order valence-corrected chi connectivity index (χ3v) is 2.28. The molecule has 1 unspecified atom stereocenters. The van der Waals surface area contributed by atoms with Gasteiger partial charge in [0.05, 0.1) is 12.7 Å². The van der Waals surface area contributed by atoms with Crippen LogP contribution in [-0.2, 0) is 4.74 Å². The van der Waals surface area contributed by atoms with Crippen LogP contribution in [0.1, 0.15) is 12.6 Å². The predicted molar refractivity (Wildman–Crippen MR) is 54.4 cm³/mol. The van der Waals surface area contributed by atoms with Crippen molar-refractivity contribution >= 4 is 5.95 Å². The molecule has 1 saturated heterocycles. The zero-order valence-electron chi connectivity index (χ0n) is 8.55. The van der Waals surface area contributed by atoms with E-state index in [4.69, 9.17) is 10.00 Å². The second kappa shape index (κ2) is 4.24. The van der Waals surface area contributed by atoms with Crippen molar-refractivity contribution in [3.8, 4) is 6.07 Å². The monoisotopic (exact) mass is 204 g/mol. The van der Waals surface area contributed by atoms with Crippen LogP contribution in [0.3, 0.4) is 0 Å². The quantitative estimate of drug-likeness (QED) is 0.669. The van der Waals surface area contributed by atoms with Crippen LogP contribution in [0.4, 0.5) is 5.95 Å². The van der Waals surface area contributed by atoms with Gasteiger partial charge in [0, 0.05) is 19.3 Å². The molecule has 0 amide bonds. The van der Waals surface area contributed by atoms with E-state index in [1.807, 2.05) is 17.9 Å². The van der Waals surface area contributed by atoms with Crippen molar-refractivity contribution in [1.82, 2.24) is 9.97 Å². The van der Waals surface area contributed by atoms with Gasteiger partial charge in [-0.15, -0.1) is 0 Å².